The van der Waals surface area contributed by atoms with Crippen LogP contribution >= 0.6 is 0 Å². The molecule has 1 aromatic carbocycles. The van der Waals surface area contributed by atoms with E-state index in [4.69, 9.17) is 4.18 Å². The van der Waals surface area contributed by atoms with Gasteiger partial charge in [-0.05, 0) is 73.5 Å². The molecule has 5 aliphatic rings. The van der Waals surface area contributed by atoms with Crippen LogP contribution in [0.3, 0.4) is 0 Å². The van der Waals surface area contributed by atoms with E-state index in [1.165, 1.54) is 0 Å². The van der Waals surface area contributed by atoms with Crippen molar-refractivity contribution in [1.82, 2.24) is 0 Å². The first kappa shape index (κ1) is 21.9. The van der Waals surface area contributed by atoms with E-state index in [1.807, 2.05) is 0 Å². The van der Waals surface area contributed by atoms with Crippen molar-refractivity contribution in [3.63, 3.8) is 0 Å². The fourth-order valence-electron chi connectivity index (χ4n) is 7.11. The zero-order valence-corrected chi connectivity index (χ0v) is 18.3. The van der Waals surface area contributed by atoms with E-state index in [-0.39, 0.29) is 6.42 Å². The van der Waals surface area contributed by atoms with Gasteiger partial charge in [0.05, 0.1) is 0 Å². The number of alkyl halides is 3. The van der Waals surface area contributed by atoms with E-state index in [0.29, 0.717) is 60.0 Å². The molecule has 0 aromatic heterocycles. The molecule has 0 aliphatic heterocycles. The number of carbonyl (C=O) groups is 1. The SMILES string of the molecule is O=Cc1cccc(C2=CC=CC(OS(=O)(=O)C(F)(F)F)(C34CC5CC(CC(C5)C3)C4)C2)c1. The van der Waals surface area contributed by atoms with Gasteiger partial charge in [-0.3, -0.25) is 8.98 Å². The van der Waals surface area contributed by atoms with Crippen molar-refractivity contribution >= 4 is 22.0 Å². The predicted molar refractivity (Wildman–Crippen MR) is 113 cm³/mol. The monoisotopic (exact) mass is 466 g/mol. The molecule has 1 atom stereocenters. The highest BCUT2D eigenvalue weighted by Crippen LogP contribution is 2.66. The molecular formula is C24H25F3O4S. The van der Waals surface area contributed by atoms with Crippen molar-refractivity contribution in [1.29, 1.82) is 0 Å². The Labute approximate surface area is 185 Å². The Hall–Kier alpha value is -1.93. The van der Waals surface area contributed by atoms with Crippen LogP contribution in [0.5, 0.6) is 0 Å². The maximum atomic E-state index is 13.5. The Morgan fingerprint density at radius 1 is 1.03 bits per heavy atom. The van der Waals surface area contributed by atoms with Gasteiger partial charge < -0.3 is 0 Å². The predicted octanol–water partition coefficient (Wildman–Crippen LogP) is 5.66. The highest BCUT2D eigenvalue weighted by atomic mass is 32.2. The highest BCUT2D eigenvalue weighted by molar-refractivity contribution is 7.87. The first-order chi connectivity index (χ1) is 15.0. The van der Waals surface area contributed by atoms with Crippen LogP contribution in [-0.2, 0) is 14.3 Å². The second kappa shape index (κ2) is 7.29. The molecule has 32 heavy (non-hydrogen) atoms. The molecule has 6 rings (SSSR count). The molecule has 0 radical (unpaired) electrons. The van der Waals surface area contributed by atoms with Crippen molar-refractivity contribution in [3.8, 4) is 0 Å². The molecule has 0 saturated heterocycles. The molecule has 4 saturated carbocycles. The summed E-state index contributed by atoms with van der Waals surface area (Å²) in [4.78, 5) is 11.2. The van der Waals surface area contributed by atoms with Gasteiger partial charge in [0.25, 0.3) is 0 Å². The lowest BCUT2D eigenvalue weighted by Gasteiger charge is -2.62. The lowest BCUT2D eigenvalue weighted by atomic mass is 9.44. The van der Waals surface area contributed by atoms with Crippen LogP contribution in [0.1, 0.15) is 60.9 Å². The van der Waals surface area contributed by atoms with Crippen LogP contribution in [0, 0.1) is 23.2 Å². The van der Waals surface area contributed by atoms with E-state index in [0.717, 1.165) is 19.3 Å². The van der Waals surface area contributed by atoms with Gasteiger partial charge >= 0.3 is 15.6 Å². The van der Waals surface area contributed by atoms with Gasteiger partial charge in [0.2, 0.25) is 0 Å². The summed E-state index contributed by atoms with van der Waals surface area (Å²) in [7, 11) is -5.80. The van der Waals surface area contributed by atoms with E-state index in [2.05, 4.69) is 0 Å². The van der Waals surface area contributed by atoms with Crippen LogP contribution in [0.4, 0.5) is 13.2 Å². The summed E-state index contributed by atoms with van der Waals surface area (Å²) in [5.74, 6) is 1.20. The van der Waals surface area contributed by atoms with Gasteiger partial charge in [0, 0.05) is 17.4 Å². The molecule has 4 nitrogen and oxygen atoms in total. The Morgan fingerprint density at radius 3 is 2.22 bits per heavy atom. The van der Waals surface area contributed by atoms with Gasteiger partial charge in [0.15, 0.2) is 0 Å². The Kier molecular flexibility index (Phi) is 4.98. The molecule has 8 heteroatoms. The summed E-state index contributed by atoms with van der Waals surface area (Å²) < 4.78 is 70.3. The van der Waals surface area contributed by atoms with Crippen molar-refractivity contribution in [2.45, 2.75) is 56.1 Å². The number of hydrogen-bond donors (Lipinski definition) is 0. The molecule has 0 spiro atoms. The van der Waals surface area contributed by atoms with Crippen molar-refractivity contribution in [3.05, 3.63) is 53.6 Å². The number of allylic oxidation sites excluding steroid dienone is 2. The summed E-state index contributed by atoms with van der Waals surface area (Å²) in [6.07, 6.45) is 10.9. The molecule has 5 aliphatic carbocycles. The van der Waals surface area contributed by atoms with Crippen LogP contribution in [-0.4, -0.2) is 25.8 Å². The normalized spacial score (nSPS) is 36.2. The third-order valence-corrected chi connectivity index (χ3v) is 9.07. The van der Waals surface area contributed by atoms with E-state index in [9.17, 15) is 26.4 Å². The first-order valence-electron chi connectivity index (χ1n) is 11.0. The number of halogens is 3. The fraction of sp³-hybridized carbons (Fsp3) is 0.542. The minimum absolute atomic E-state index is 0.0211. The minimum Gasteiger partial charge on any atom is -0.298 e. The minimum atomic E-state index is -5.80. The summed E-state index contributed by atoms with van der Waals surface area (Å²) in [6.45, 7) is 0. The average Bonchev–Trinajstić information content (AvgIpc) is 2.72. The summed E-state index contributed by atoms with van der Waals surface area (Å²) in [5, 5.41) is 0. The lowest BCUT2D eigenvalue weighted by Crippen LogP contribution is -2.60. The van der Waals surface area contributed by atoms with Crippen LogP contribution in [0.15, 0.2) is 42.5 Å². The van der Waals surface area contributed by atoms with Gasteiger partial charge in [-0.2, -0.15) is 21.6 Å². The molecule has 0 heterocycles. The molecule has 1 aromatic rings. The van der Waals surface area contributed by atoms with Crippen molar-refractivity contribution < 1.29 is 30.6 Å². The largest absolute Gasteiger partial charge is 0.523 e. The maximum absolute atomic E-state index is 13.5. The number of rotatable bonds is 5. The maximum Gasteiger partial charge on any atom is 0.523 e. The lowest BCUT2D eigenvalue weighted by molar-refractivity contribution is -0.149. The quantitative estimate of drug-likeness (QED) is 0.319. The highest BCUT2D eigenvalue weighted by Gasteiger charge is 2.64. The van der Waals surface area contributed by atoms with E-state index in [1.54, 1.807) is 42.5 Å². The number of benzene rings is 1. The fourth-order valence-corrected chi connectivity index (χ4v) is 7.89. The standard InChI is InChI=1S/C24H25F3O4S/c25-24(26,27)32(29,30)31-23(22-11-17-7-18(12-22)9-19(8-17)13-22)6-2-5-21(14-23)20-4-1-3-16(10-20)15-28/h1-6,10,15,17-19H,7-9,11-14H2. The van der Waals surface area contributed by atoms with Gasteiger partial charge in [0.1, 0.15) is 11.9 Å². The van der Waals surface area contributed by atoms with Gasteiger partial charge in [-0.1, -0.05) is 36.4 Å². The van der Waals surface area contributed by atoms with Crippen molar-refractivity contribution in [2.24, 2.45) is 23.2 Å². The zero-order valence-electron chi connectivity index (χ0n) is 17.5. The third-order valence-electron chi connectivity index (χ3n) is 7.99. The average molecular weight is 467 g/mol. The number of aldehydes is 1. The smallest absolute Gasteiger partial charge is 0.298 e. The van der Waals surface area contributed by atoms with Crippen LogP contribution in [0.2, 0.25) is 0 Å². The van der Waals surface area contributed by atoms with Crippen LogP contribution < -0.4 is 0 Å². The number of carbonyl (C=O) groups excluding carboxylic acids is 1. The number of hydrogen-bond acceptors (Lipinski definition) is 4. The second-order valence-corrected chi connectivity index (χ2v) is 11.6. The Bertz CT molecular complexity index is 1070. The van der Waals surface area contributed by atoms with E-state index < -0.39 is 26.6 Å². The first-order valence-corrected chi connectivity index (χ1v) is 12.4. The molecule has 4 bridgehead atoms. The molecule has 0 amide bonds. The summed E-state index contributed by atoms with van der Waals surface area (Å²) in [5.41, 5.74) is -5.95. The van der Waals surface area contributed by atoms with Gasteiger partial charge in [-0.25, -0.2) is 0 Å². The Morgan fingerprint density at radius 2 is 1.66 bits per heavy atom. The summed E-state index contributed by atoms with van der Waals surface area (Å²) in [6, 6.07) is 6.80. The van der Waals surface area contributed by atoms with Crippen molar-refractivity contribution in [2.75, 3.05) is 0 Å². The third kappa shape index (κ3) is 3.46. The van der Waals surface area contributed by atoms with Crippen LogP contribution in [0.25, 0.3) is 5.57 Å². The van der Waals surface area contributed by atoms with E-state index >= 15 is 0 Å². The molecule has 1 unspecified atom stereocenters. The summed E-state index contributed by atoms with van der Waals surface area (Å²) >= 11 is 0. The zero-order chi connectivity index (χ0) is 22.8. The van der Waals surface area contributed by atoms with Gasteiger partial charge in [-0.15, -0.1) is 0 Å². The molecular weight excluding hydrogens is 441 g/mol. The molecule has 4 fully saturated rings. The topological polar surface area (TPSA) is 60.4 Å². The molecule has 172 valence electrons. The second-order valence-electron chi connectivity index (χ2n) is 10.0. The molecule has 0 N–H and O–H groups in total. The Balaban J connectivity index is 1.59.